The molecule has 1 heterocycles. The molecule has 0 saturated carbocycles. The molecule has 0 N–H and O–H groups in total. The van der Waals surface area contributed by atoms with Gasteiger partial charge in [0, 0.05) is 12.2 Å². The lowest BCUT2D eigenvalue weighted by atomic mass is 10.5. The van der Waals surface area contributed by atoms with Crippen LogP contribution in [0.5, 0.6) is 0 Å². The van der Waals surface area contributed by atoms with Gasteiger partial charge in [-0.05, 0) is 0 Å². The van der Waals surface area contributed by atoms with Crippen molar-refractivity contribution in [3.63, 3.8) is 0 Å². The van der Waals surface area contributed by atoms with Gasteiger partial charge in [-0.3, -0.25) is 19.3 Å². The van der Waals surface area contributed by atoms with Crippen molar-refractivity contribution < 1.29 is 61.8 Å². The molecule has 40 heavy (non-hydrogen) atoms. The normalized spacial score (nSPS) is 13.1. The fourth-order valence-corrected chi connectivity index (χ4v) is 2.93. The molecule has 14 heteroatoms. The van der Waals surface area contributed by atoms with Crippen molar-refractivity contribution in [2.45, 2.75) is 6.42 Å². The Morgan fingerprint density at radius 3 is 1.07 bits per heavy atom. The first-order valence-electron chi connectivity index (χ1n) is 13.4. The number of carbonyl (C=O) groups excluding carboxylic acids is 3. The molecule has 0 fully saturated rings. The lowest BCUT2D eigenvalue weighted by Crippen LogP contribution is -2.33. The van der Waals surface area contributed by atoms with Crippen LogP contribution in [0.15, 0.2) is 12.2 Å². The highest BCUT2D eigenvalue weighted by Gasteiger charge is 2.22. The summed E-state index contributed by atoms with van der Waals surface area (Å²) in [4.78, 5) is 34.8. The zero-order chi connectivity index (χ0) is 28.9. The lowest BCUT2D eigenvalue weighted by molar-refractivity contribution is -0.142. The van der Waals surface area contributed by atoms with Crippen molar-refractivity contribution in [1.82, 2.24) is 4.90 Å². The zero-order valence-electron chi connectivity index (χ0n) is 23.6. The smallest absolute Gasteiger partial charge is 0.307 e. The molecule has 0 atom stereocenters. The Bertz CT molecular complexity index is 659. The quantitative estimate of drug-likeness (QED) is 0.0620. The SMILES string of the molecule is COC(=O)CCOCCOCCOCCOCCOCCOCCOCCOCCOCCN1C(=O)C=CC1=O. The Labute approximate surface area is 236 Å². The van der Waals surface area contributed by atoms with Crippen molar-refractivity contribution in [3.8, 4) is 0 Å². The van der Waals surface area contributed by atoms with Crippen LogP contribution in [0, 0.1) is 0 Å². The number of ether oxygens (including phenoxy) is 10. The first-order chi connectivity index (χ1) is 19.6. The van der Waals surface area contributed by atoms with Crippen molar-refractivity contribution in [2.75, 3.05) is 133 Å². The summed E-state index contributed by atoms with van der Waals surface area (Å²) in [7, 11) is 1.35. The molecule has 2 amide bonds. The van der Waals surface area contributed by atoms with E-state index < -0.39 is 0 Å². The molecular formula is C26H45NO13. The van der Waals surface area contributed by atoms with Crippen LogP contribution in [-0.2, 0) is 61.8 Å². The molecule has 0 spiro atoms. The first-order valence-corrected chi connectivity index (χ1v) is 13.4. The van der Waals surface area contributed by atoms with E-state index in [1.54, 1.807) is 0 Å². The van der Waals surface area contributed by atoms with Gasteiger partial charge in [0.2, 0.25) is 0 Å². The van der Waals surface area contributed by atoms with Crippen molar-refractivity contribution in [2.24, 2.45) is 0 Å². The van der Waals surface area contributed by atoms with Crippen LogP contribution in [0.25, 0.3) is 0 Å². The maximum absolute atomic E-state index is 11.4. The van der Waals surface area contributed by atoms with Gasteiger partial charge in [-0.1, -0.05) is 0 Å². The van der Waals surface area contributed by atoms with Gasteiger partial charge >= 0.3 is 5.97 Å². The Morgan fingerprint density at radius 1 is 0.500 bits per heavy atom. The van der Waals surface area contributed by atoms with Crippen LogP contribution in [0.1, 0.15) is 6.42 Å². The fraction of sp³-hybridized carbons (Fsp3) is 0.808. The molecule has 1 aliphatic rings. The topological polar surface area (TPSA) is 147 Å². The maximum atomic E-state index is 11.4. The summed E-state index contributed by atoms with van der Waals surface area (Å²) in [6, 6.07) is 0. The van der Waals surface area contributed by atoms with Crippen LogP contribution in [0.2, 0.25) is 0 Å². The van der Waals surface area contributed by atoms with Gasteiger partial charge in [0.1, 0.15) is 0 Å². The van der Waals surface area contributed by atoms with Crippen LogP contribution >= 0.6 is 0 Å². The molecule has 232 valence electrons. The molecule has 0 aliphatic carbocycles. The molecule has 0 radical (unpaired) electrons. The van der Waals surface area contributed by atoms with E-state index in [0.29, 0.717) is 112 Å². The minimum Gasteiger partial charge on any atom is -0.469 e. The summed E-state index contributed by atoms with van der Waals surface area (Å²) >= 11 is 0. The number of nitrogens with zero attached hydrogens (tertiary/aromatic N) is 1. The molecular weight excluding hydrogens is 534 g/mol. The van der Waals surface area contributed by atoms with E-state index in [4.69, 9.17) is 42.6 Å². The van der Waals surface area contributed by atoms with Crippen LogP contribution in [-0.4, -0.2) is 155 Å². The summed E-state index contributed by atoms with van der Waals surface area (Å²) in [5.74, 6) is -0.910. The van der Waals surface area contributed by atoms with E-state index in [9.17, 15) is 14.4 Å². The van der Waals surface area contributed by atoms with Crippen molar-refractivity contribution >= 4 is 17.8 Å². The number of rotatable bonds is 30. The summed E-state index contributed by atoms with van der Waals surface area (Å²) < 4.78 is 53.0. The number of hydrogen-bond acceptors (Lipinski definition) is 13. The van der Waals surface area contributed by atoms with Gasteiger partial charge in [-0.15, -0.1) is 0 Å². The number of amides is 2. The highest BCUT2D eigenvalue weighted by molar-refractivity contribution is 6.12. The first kappa shape index (κ1) is 36.0. The Morgan fingerprint density at radius 2 is 0.775 bits per heavy atom. The zero-order valence-corrected chi connectivity index (χ0v) is 23.6. The molecule has 0 saturated heterocycles. The Kier molecular flexibility index (Phi) is 24.5. The highest BCUT2D eigenvalue weighted by Crippen LogP contribution is 2.02. The standard InChI is InChI=1S/C26H45NO13/c1-31-26(30)4-6-32-8-10-34-12-14-36-16-18-38-20-22-40-23-21-39-19-17-37-15-13-35-11-9-33-7-5-27-24(28)2-3-25(27)29/h2-3H,4-23H2,1H3. The molecule has 1 aliphatic heterocycles. The van der Waals surface area contributed by atoms with Crippen molar-refractivity contribution in [3.05, 3.63) is 12.2 Å². The van der Waals surface area contributed by atoms with Gasteiger partial charge in [0.15, 0.2) is 0 Å². The molecule has 0 aromatic heterocycles. The van der Waals surface area contributed by atoms with Gasteiger partial charge in [-0.2, -0.15) is 0 Å². The minimum atomic E-state index is -0.309. The number of imide groups is 1. The Balaban J connectivity index is 1.64. The second-order valence-electron chi connectivity index (χ2n) is 8.00. The monoisotopic (exact) mass is 579 g/mol. The highest BCUT2D eigenvalue weighted by atomic mass is 16.6. The van der Waals surface area contributed by atoms with E-state index in [-0.39, 0.29) is 37.4 Å². The fourth-order valence-electron chi connectivity index (χ4n) is 2.93. The second kappa shape index (κ2) is 27.2. The van der Waals surface area contributed by atoms with E-state index in [1.807, 2.05) is 0 Å². The predicted molar refractivity (Wildman–Crippen MR) is 140 cm³/mol. The molecule has 0 bridgehead atoms. The third-order valence-electron chi connectivity index (χ3n) is 5.01. The summed E-state index contributed by atoms with van der Waals surface area (Å²) in [6.07, 6.45) is 2.74. The number of carbonyl (C=O) groups is 3. The van der Waals surface area contributed by atoms with Crippen molar-refractivity contribution in [1.29, 1.82) is 0 Å². The van der Waals surface area contributed by atoms with E-state index in [0.717, 1.165) is 4.90 Å². The van der Waals surface area contributed by atoms with Gasteiger partial charge in [0.25, 0.3) is 11.8 Å². The average Bonchev–Trinajstić information content (AvgIpc) is 3.28. The molecule has 0 aromatic rings. The third-order valence-corrected chi connectivity index (χ3v) is 5.01. The number of methoxy groups -OCH3 is 1. The van der Waals surface area contributed by atoms with Crippen LogP contribution < -0.4 is 0 Å². The lowest BCUT2D eigenvalue weighted by Gasteiger charge is -2.13. The van der Waals surface area contributed by atoms with E-state index >= 15 is 0 Å². The summed E-state index contributed by atoms with van der Waals surface area (Å²) in [6.45, 7) is 8.09. The number of hydrogen-bond donors (Lipinski definition) is 0. The summed E-state index contributed by atoms with van der Waals surface area (Å²) in [5.41, 5.74) is 0. The predicted octanol–water partition coefficient (Wildman–Crippen LogP) is -0.376. The average molecular weight is 580 g/mol. The van der Waals surface area contributed by atoms with Gasteiger partial charge < -0.3 is 47.4 Å². The van der Waals surface area contributed by atoms with E-state index in [1.165, 1.54) is 19.3 Å². The second-order valence-corrected chi connectivity index (χ2v) is 8.00. The van der Waals surface area contributed by atoms with Crippen LogP contribution in [0.3, 0.4) is 0 Å². The molecule has 1 rings (SSSR count). The maximum Gasteiger partial charge on any atom is 0.307 e. The largest absolute Gasteiger partial charge is 0.469 e. The minimum absolute atomic E-state index is 0.237. The van der Waals surface area contributed by atoms with Crippen LogP contribution in [0.4, 0.5) is 0 Å². The molecule has 14 nitrogen and oxygen atoms in total. The van der Waals surface area contributed by atoms with E-state index in [2.05, 4.69) is 4.74 Å². The molecule has 0 aromatic carbocycles. The van der Waals surface area contributed by atoms with Gasteiger partial charge in [0.05, 0.1) is 139 Å². The van der Waals surface area contributed by atoms with Gasteiger partial charge in [-0.25, -0.2) is 0 Å². The summed E-state index contributed by atoms with van der Waals surface area (Å²) in [5, 5.41) is 0. The number of esters is 1. The Hall–Kier alpha value is -2.01. The molecule has 0 unspecified atom stereocenters. The third kappa shape index (κ3) is 21.8.